The number of hydrogen-bond acceptors (Lipinski definition) is 4. The highest BCUT2D eigenvalue weighted by Crippen LogP contribution is 2.29. The zero-order valence-corrected chi connectivity index (χ0v) is 10.6. The van der Waals surface area contributed by atoms with Gasteiger partial charge in [0.15, 0.2) is 6.29 Å². The number of hydrogen-bond donors (Lipinski definition) is 0. The molecule has 0 amide bonds. The number of rotatable bonds is 4. The highest BCUT2D eigenvalue weighted by molar-refractivity contribution is 5.87. The standard InChI is InChI=1S/C14H11FN2O3/c1-16(12-4-2-3-11(15)8-12)14-6-5-13(17(19)20)7-10(14)9-18/h2-9H,1H3. The SMILES string of the molecule is CN(c1cccc(F)c1)c1ccc([N+](=O)[O-])cc1C=O. The quantitative estimate of drug-likeness (QED) is 0.487. The molecule has 0 heterocycles. The van der Waals surface area contributed by atoms with E-state index < -0.39 is 10.7 Å². The lowest BCUT2D eigenvalue weighted by Crippen LogP contribution is -2.12. The maximum Gasteiger partial charge on any atom is 0.270 e. The van der Waals surface area contributed by atoms with Crippen LogP contribution in [0.5, 0.6) is 0 Å². The lowest BCUT2D eigenvalue weighted by molar-refractivity contribution is -0.384. The summed E-state index contributed by atoms with van der Waals surface area (Å²) in [6.45, 7) is 0. The zero-order valence-electron chi connectivity index (χ0n) is 10.6. The smallest absolute Gasteiger partial charge is 0.270 e. The first kappa shape index (κ1) is 13.7. The van der Waals surface area contributed by atoms with Crippen molar-refractivity contribution in [3.8, 4) is 0 Å². The van der Waals surface area contributed by atoms with E-state index in [1.807, 2.05) is 0 Å². The Morgan fingerprint density at radius 2 is 2.00 bits per heavy atom. The molecule has 0 aliphatic rings. The molecule has 6 heteroatoms. The van der Waals surface area contributed by atoms with Crippen molar-refractivity contribution in [3.63, 3.8) is 0 Å². The van der Waals surface area contributed by atoms with Crippen molar-refractivity contribution in [2.75, 3.05) is 11.9 Å². The van der Waals surface area contributed by atoms with Crippen molar-refractivity contribution >= 4 is 23.3 Å². The van der Waals surface area contributed by atoms with E-state index in [0.717, 1.165) is 0 Å². The van der Waals surface area contributed by atoms with Crippen molar-refractivity contribution in [2.24, 2.45) is 0 Å². The Morgan fingerprint density at radius 3 is 2.60 bits per heavy atom. The molecular weight excluding hydrogens is 263 g/mol. The largest absolute Gasteiger partial charge is 0.344 e. The van der Waals surface area contributed by atoms with E-state index in [2.05, 4.69) is 0 Å². The fraction of sp³-hybridized carbons (Fsp3) is 0.0714. The first-order valence-electron chi connectivity index (χ1n) is 5.76. The molecule has 0 fully saturated rings. The molecule has 0 radical (unpaired) electrons. The van der Waals surface area contributed by atoms with Gasteiger partial charge in [-0.15, -0.1) is 0 Å². The number of carbonyl (C=O) groups is 1. The minimum Gasteiger partial charge on any atom is -0.344 e. The van der Waals surface area contributed by atoms with Crippen LogP contribution in [0.3, 0.4) is 0 Å². The van der Waals surface area contributed by atoms with Gasteiger partial charge in [0, 0.05) is 30.4 Å². The number of nitro benzene ring substituents is 1. The second kappa shape index (κ2) is 5.48. The molecule has 0 bridgehead atoms. The van der Waals surface area contributed by atoms with Crippen LogP contribution in [0, 0.1) is 15.9 Å². The van der Waals surface area contributed by atoms with E-state index in [9.17, 15) is 19.3 Å². The van der Waals surface area contributed by atoms with E-state index in [4.69, 9.17) is 0 Å². The second-order valence-corrected chi connectivity index (χ2v) is 4.16. The highest BCUT2D eigenvalue weighted by Gasteiger charge is 2.14. The Labute approximate surface area is 114 Å². The average Bonchev–Trinajstić information content (AvgIpc) is 2.45. The van der Waals surface area contributed by atoms with Crippen LogP contribution in [0.15, 0.2) is 42.5 Å². The Balaban J connectivity index is 2.46. The maximum absolute atomic E-state index is 13.2. The zero-order chi connectivity index (χ0) is 14.7. The molecule has 102 valence electrons. The van der Waals surface area contributed by atoms with Gasteiger partial charge in [0.2, 0.25) is 0 Å². The van der Waals surface area contributed by atoms with Crippen molar-refractivity contribution in [2.45, 2.75) is 0 Å². The van der Waals surface area contributed by atoms with Gasteiger partial charge in [-0.25, -0.2) is 4.39 Å². The van der Waals surface area contributed by atoms with Gasteiger partial charge in [-0.2, -0.15) is 0 Å². The van der Waals surface area contributed by atoms with Crippen LogP contribution in [0.25, 0.3) is 0 Å². The van der Waals surface area contributed by atoms with E-state index in [1.54, 1.807) is 24.1 Å². The summed E-state index contributed by atoms with van der Waals surface area (Å²) >= 11 is 0. The molecule has 2 rings (SSSR count). The maximum atomic E-state index is 13.2. The minimum atomic E-state index is -0.570. The number of nitrogens with zero attached hydrogens (tertiary/aromatic N) is 2. The summed E-state index contributed by atoms with van der Waals surface area (Å²) in [4.78, 5) is 22.8. The Morgan fingerprint density at radius 1 is 1.25 bits per heavy atom. The van der Waals surface area contributed by atoms with Crippen LogP contribution in [0.4, 0.5) is 21.5 Å². The van der Waals surface area contributed by atoms with Crippen molar-refractivity contribution in [1.29, 1.82) is 0 Å². The van der Waals surface area contributed by atoms with Gasteiger partial charge in [0.25, 0.3) is 5.69 Å². The Hall–Kier alpha value is -2.76. The Kier molecular flexibility index (Phi) is 3.74. The lowest BCUT2D eigenvalue weighted by atomic mass is 10.1. The molecule has 0 spiro atoms. The monoisotopic (exact) mass is 274 g/mol. The van der Waals surface area contributed by atoms with Gasteiger partial charge in [0.1, 0.15) is 5.82 Å². The van der Waals surface area contributed by atoms with Crippen molar-refractivity contribution < 1.29 is 14.1 Å². The second-order valence-electron chi connectivity index (χ2n) is 4.16. The minimum absolute atomic E-state index is 0.163. The number of benzene rings is 2. The molecule has 2 aromatic rings. The first-order chi connectivity index (χ1) is 9.52. The molecule has 20 heavy (non-hydrogen) atoms. The number of anilines is 2. The van der Waals surface area contributed by atoms with E-state index in [-0.39, 0.29) is 11.3 Å². The summed E-state index contributed by atoms with van der Waals surface area (Å²) in [6, 6.07) is 9.82. The molecule has 0 unspecified atom stereocenters. The molecule has 0 N–H and O–H groups in total. The van der Waals surface area contributed by atoms with Crippen LogP contribution in [-0.2, 0) is 0 Å². The predicted molar refractivity (Wildman–Crippen MR) is 72.9 cm³/mol. The predicted octanol–water partition coefficient (Wildman–Crippen LogP) is 3.31. The summed E-state index contributed by atoms with van der Waals surface area (Å²) in [6.07, 6.45) is 0.540. The molecular formula is C14H11FN2O3. The topological polar surface area (TPSA) is 63.4 Å². The number of carbonyl (C=O) groups excluding carboxylic acids is 1. The molecule has 0 aliphatic carbocycles. The van der Waals surface area contributed by atoms with Gasteiger partial charge < -0.3 is 4.90 Å². The summed E-state index contributed by atoms with van der Waals surface area (Å²) in [7, 11) is 1.66. The summed E-state index contributed by atoms with van der Waals surface area (Å²) in [5.74, 6) is -0.399. The summed E-state index contributed by atoms with van der Waals surface area (Å²) < 4.78 is 13.2. The van der Waals surface area contributed by atoms with E-state index in [0.29, 0.717) is 17.7 Å². The van der Waals surface area contributed by atoms with Gasteiger partial charge in [-0.1, -0.05) is 6.07 Å². The molecule has 0 atom stereocenters. The number of nitro groups is 1. The molecule has 2 aromatic carbocycles. The van der Waals surface area contributed by atoms with Crippen LogP contribution in [0.2, 0.25) is 0 Å². The summed E-state index contributed by atoms with van der Waals surface area (Å²) in [5, 5.41) is 10.7. The van der Waals surface area contributed by atoms with Gasteiger partial charge in [-0.3, -0.25) is 14.9 Å². The van der Waals surface area contributed by atoms with Gasteiger partial charge in [-0.05, 0) is 24.3 Å². The van der Waals surface area contributed by atoms with Crippen molar-refractivity contribution in [1.82, 2.24) is 0 Å². The molecule has 0 aromatic heterocycles. The first-order valence-corrected chi connectivity index (χ1v) is 5.76. The number of halogens is 1. The normalized spacial score (nSPS) is 10.1. The summed E-state index contributed by atoms with van der Waals surface area (Å²) in [5.41, 5.74) is 1.02. The molecule has 0 saturated carbocycles. The van der Waals surface area contributed by atoms with Gasteiger partial charge >= 0.3 is 0 Å². The fourth-order valence-corrected chi connectivity index (χ4v) is 1.88. The van der Waals surface area contributed by atoms with Crippen molar-refractivity contribution in [3.05, 3.63) is 64.0 Å². The molecule has 0 aliphatic heterocycles. The number of non-ortho nitro benzene ring substituents is 1. The Bertz CT molecular complexity index is 673. The van der Waals surface area contributed by atoms with Crippen LogP contribution in [0.1, 0.15) is 10.4 Å². The van der Waals surface area contributed by atoms with E-state index in [1.165, 1.54) is 30.3 Å². The fourth-order valence-electron chi connectivity index (χ4n) is 1.88. The van der Waals surface area contributed by atoms with Crippen LogP contribution >= 0.6 is 0 Å². The third-order valence-corrected chi connectivity index (χ3v) is 2.91. The highest BCUT2D eigenvalue weighted by atomic mass is 19.1. The molecule has 5 nitrogen and oxygen atoms in total. The lowest BCUT2D eigenvalue weighted by Gasteiger charge is -2.21. The third-order valence-electron chi connectivity index (χ3n) is 2.91. The number of aldehydes is 1. The molecule has 0 saturated heterocycles. The van der Waals surface area contributed by atoms with Gasteiger partial charge in [0.05, 0.1) is 10.6 Å². The van der Waals surface area contributed by atoms with Crippen LogP contribution in [-0.4, -0.2) is 18.3 Å². The average molecular weight is 274 g/mol. The van der Waals surface area contributed by atoms with Crippen LogP contribution < -0.4 is 4.90 Å². The third kappa shape index (κ3) is 2.64. The van der Waals surface area contributed by atoms with E-state index >= 15 is 0 Å².